The van der Waals surface area contributed by atoms with Crippen LogP contribution in [0.2, 0.25) is 0 Å². The van der Waals surface area contributed by atoms with Crippen molar-refractivity contribution in [3.05, 3.63) is 0 Å². The van der Waals surface area contributed by atoms with Crippen molar-refractivity contribution < 1.29 is 0 Å². The molecule has 0 bridgehead atoms. The first-order chi connectivity index (χ1) is 8.88. The second kappa shape index (κ2) is 8.26. The molecule has 0 unspecified atom stereocenters. The van der Waals surface area contributed by atoms with Gasteiger partial charge in [-0.3, -0.25) is 0 Å². The third-order valence-corrected chi connectivity index (χ3v) is 4.24. The first-order valence-corrected chi connectivity index (χ1v) is 8.38. The zero-order valence-electron chi connectivity index (χ0n) is 14.1. The smallest absolute Gasteiger partial charge is 0.00940 e. The molecule has 1 heterocycles. The Balaban J connectivity index is 2.38. The lowest BCUT2D eigenvalue weighted by atomic mass is 9.93. The Hall–Kier alpha value is -0.0800. The van der Waals surface area contributed by atoms with Gasteiger partial charge in [-0.2, -0.15) is 0 Å². The first kappa shape index (κ1) is 17.0. The van der Waals surface area contributed by atoms with Gasteiger partial charge in [-0.1, -0.05) is 27.7 Å². The lowest BCUT2D eigenvalue weighted by molar-refractivity contribution is 0.152. The SMILES string of the molecule is CC(C)CC(CC(C)C)NC1CCN(C(C)C)CC1. The molecule has 19 heavy (non-hydrogen) atoms. The van der Waals surface area contributed by atoms with Crippen LogP contribution in [0.15, 0.2) is 0 Å². The lowest BCUT2D eigenvalue weighted by Crippen LogP contribution is -2.48. The van der Waals surface area contributed by atoms with Gasteiger partial charge < -0.3 is 10.2 Å². The van der Waals surface area contributed by atoms with Crippen molar-refractivity contribution in [3.8, 4) is 0 Å². The highest BCUT2D eigenvalue weighted by Crippen LogP contribution is 2.18. The molecule has 0 aromatic rings. The number of hydrogen-bond acceptors (Lipinski definition) is 2. The van der Waals surface area contributed by atoms with Crippen molar-refractivity contribution in [1.29, 1.82) is 0 Å². The third-order valence-electron chi connectivity index (χ3n) is 4.24. The van der Waals surface area contributed by atoms with E-state index in [1.807, 2.05) is 0 Å². The van der Waals surface area contributed by atoms with E-state index in [4.69, 9.17) is 0 Å². The van der Waals surface area contributed by atoms with Crippen molar-refractivity contribution in [2.24, 2.45) is 11.8 Å². The number of piperidine rings is 1. The Kier molecular flexibility index (Phi) is 7.38. The molecule has 1 aliphatic rings. The maximum atomic E-state index is 3.95. The minimum absolute atomic E-state index is 0.711. The van der Waals surface area contributed by atoms with E-state index in [1.54, 1.807) is 0 Å². The highest BCUT2D eigenvalue weighted by atomic mass is 15.2. The average Bonchev–Trinajstić information content (AvgIpc) is 2.27. The Morgan fingerprint density at radius 3 is 1.74 bits per heavy atom. The Bertz CT molecular complexity index is 217. The molecular formula is C17H36N2. The molecule has 0 saturated carbocycles. The Morgan fingerprint density at radius 1 is 0.895 bits per heavy atom. The molecule has 0 amide bonds. The van der Waals surface area contributed by atoms with Gasteiger partial charge in [-0.05, 0) is 64.5 Å². The van der Waals surface area contributed by atoms with Crippen LogP contribution in [0.4, 0.5) is 0 Å². The summed E-state index contributed by atoms with van der Waals surface area (Å²) < 4.78 is 0. The molecule has 0 spiro atoms. The van der Waals surface area contributed by atoms with Crippen LogP contribution in [0.3, 0.4) is 0 Å². The van der Waals surface area contributed by atoms with Gasteiger partial charge in [0.05, 0.1) is 0 Å². The van der Waals surface area contributed by atoms with Gasteiger partial charge in [-0.25, -0.2) is 0 Å². The van der Waals surface area contributed by atoms with Crippen molar-refractivity contribution in [3.63, 3.8) is 0 Å². The average molecular weight is 268 g/mol. The van der Waals surface area contributed by atoms with Crippen LogP contribution in [0.25, 0.3) is 0 Å². The first-order valence-electron chi connectivity index (χ1n) is 8.38. The molecule has 1 saturated heterocycles. The van der Waals surface area contributed by atoms with Crippen LogP contribution < -0.4 is 5.32 Å². The van der Waals surface area contributed by atoms with Crippen molar-refractivity contribution in [1.82, 2.24) is 10.2 Å². The highest BCUT2D eigenvalue weighted by Gasteiger charge is 2.23. The van der Waals surface area contributed by atoms with Gasteiger partial charge >= 0.3 is 0 Å². The standard InChI is InChI=1S/C17H36N2/c1-13(2)11-17(12-14(3)4)18-16-7-9-19(10-8-16)15(5)6/h13-18H,7-12H2,1-6H3. The fourth-order valence-electron chi connectivity index (χ4n) is 3.29. The van der Waals surface area contributed by atoms with Gasteiger partial charge in [0.2, 0.25) is 0 Å². The van der Waals surface area contributed by atoms with Crippen molar-refractivity contribution in [2.45, 2.75) is 85.4 Å². The normalized spacial score (nSPS) is 19.3. The van der Waals surface area contributed by atoms with E-state index < -0.39 is 0 Å². The van der Waals surface area contributed by atoms with Gasteiger partial charge in [0.1, 0.15) is 0 Å². The number of hydrogen-bond donors (Lipinski definition) is 1. The maximum Gasteiger partial charge on any atom is 0.00940 e. The van der Waals surface area contributed by atoms with Crippen molar-refractivity contribution in [2.75, 3.05) is 13.1 Å². The van der Waals surface area contributed by atoms with Gasteiger partial charge in [0.25, 0.3) is 0 Å². The van der Waals surface area contributed by atoms with Gasteiger partial charge in [0, 0.05) is 18.1 Å². The van der Waals surface area contributed by atoms with E-state index in [0.717, 1.165) is 23.9 Å². The fourth-order valence-corrected chi connectivity index (χ4v) is 3.29. The van der Waals surface area contributed by atoms with Crippen LogP contribution in [0, 0.1) is 11.8 Å². The summed E-state index contributed by atoms with van der Waals surface area (Å²) in [4.78, 5) is 2.61. The summed E-state index contributed by atoms with van der Waals surface area (Å²) in [7, 11) is 0. The van der Waals surface area contributed by atoms with E-state index in [1.165, 1.54) is 38.8 Å². The molecule has 0 aliphatic carbocycles. The van der Waals surface area contributed by atoms with Gasteiger partial charge in [-0.15, -0.1) is 0 Å². The largest absolute Gasteiger partial charge is 0.311 e. The summed E-state index contributed by atoms with van der Waals surface area (Å²) in [6.45, 7) is 16.5. The second-order valence-electron chi connectivity index (χ2n) is 7.53. The molecule has 1 rings (SSSR count). The predicted molar refractivity (Wildman–Crippen MR) is 85.6 cm³/mol. The topological polar surface area (TPSA) is 15.3 Å². The number of likely N-dealkylation sites (tertiary alicyclic amines) is 1. The minimum Gasteiger partial charge on any atom is -0.311 e. The molecule has 114 valence electrons. The molecular weight excluding hydrogens is 232 g/mol. The molecule has 0 radical (unpaired) electrons. The lowest BCUT2D eigenvalue weighted by Gasteiger charge is -2.37. The minimum atomic E-state index is 0.711. The third kappa shape index (κ3) is 6.76. The summed E-state index contributed by atoms with van der Waals surface area (Å²) in [5, 5.41) is 3.95. The summed E-state index contributed by atoms with van der Waals surface area (Å²) in [6, 6.07) is 2.18. The number of nitrogens with zero attached hydrogens (tertiary/aromatic N) is 1. The molecule has 2 heteroatoms. The van der Waals surface area contributed by atoms with E-state index in [2.05, 4.69) is 51.8 Å². The van der Waals surface area contributed by atoms with E-state index in [0.29, 0.717) is 6.04 Å². The van der Waals surface area contributed by atoms with Gasteiger partial charge in [0.15, 0.2) is 0 Å². The summed E-state index contributed by atoms with van der Waals surface area (Å²) in [5.41, 5.74) is 0. The molecule has 1 N–H and O–H groups in total. The highest BCUT2D eigenvalue weighted by molar-refractivity contribution is 4.82. The van der Waals surface area contributed by atoms with E-state index in [-0.39, 0.29) is 0 Å². The zero-order valence-corrected chi connectivity index (χ0v) is 14.1. The molecule has 0 aromatic heterocycles. The summed E-state index contributed by atoms with van der Waals surface area (Å²) >= 11 is 0. The van der Waals surface area contributed by atoms with Crippen LogP contribution in [-0.2, 0) is 0 Å². The monoisotopic (exact) mass is 268 g/mol. The molecule has 0 aromatic carbocycles. The molecule has 2 nitrogen and oxygen atoms in total. The van der Waals surface area contributed by atoms with Crippen LogP contribution >= 0.6 is 0 Å². The quantitative estimate of drug-likeness (QED) is 0.753. The number of rotatable bonds is 7. The van der Waals surface area contributed by atoms with E-state index >= 15 is 0 Å². The summed E-state index contributed by atoms with van der Waals surface area (Å²) in [5.74, 6) is 1.60. The molecule has 1 aliphatic heterocycles. The van der Waals surface area contributed by atoms with Crippen LogP contribution in [0.5, 0.6) is 0 Å². The van der Waals surface area contributed by atoms with Crippen LogP contribution in [-0.4, -0.2) is 36.1 Å². The van der Waals surface area contributed by atoms with Crippen molar-refractivity contribution >= 4 is 0 Å². The maximum absolute atomic E-state index is 3.95. The van der Waals surface area contributed by atoms with Crippen LogP contribution in [0.1, 0.15) is 67.2 Å². The fraction of sp³-hybridized carbons (Fsp3) is 1.00. The predicted octanol–water partition coefficient (Wildman–Crippen LogP) is 3.91. The van der Waals surface area contributed by atoms with E-state index in [9.17, 15) is 0 Å². The number of nitrogens with one attached hydrogen (secondary N) is 1. The zero-order chi connectivity index (χ0) is 14.4. The Labute approximate surface area is 121 Å². The molecule has 1 fully saturated rings. The molecule has 0 atom stereocenters. The Morgan fingerprint density at radius 2 is 1.37 bits per heavy atom. The summed E-state index contributed by atoms with van der Waals surface area (Å²) in [6.07, 6.45) is 5.29. The second-order valence-corrected chi connectivity index (χ2v) is 7.53.